The minimum atomic E-state index is -2.59. The third kappa shape index (κ3) is 1.37. The predicted octanol–water partition coefficient (Wildman–Crippen LogP) is 0.691. The van der Waals surface area contributed by atoms with E-state index in [4.69, 9.17) is 0 Å². The minimum Gasteiger partial charge on any atom is -0.323 e. The fraction of sp³-hybridized carbons (Fsp3) is 1.00. The summed E-state index contributed by atoms with van der Waals surface area (Å²) in [4.78, 5) is 0. The van der Waals surface area contributed by atoms with Crippen molar-refractivity contribution in [1.29, 1.82) is 0 Å². The first kappa shape index (κ1) is 7.43. The van der Waals surface area contributed by atoms with Gasteiger partial charge in [-0.1, -0.05) is 0 Å². The summed E-state index contributed by atoms with van der Waals surface area (Å²) < 4.78 is 27.4. The van der Waals surface area contributed by atoms with E-state index in [1.165, 1.54) is 0 Å². The van der Waals surface area contributed by atoms with Crippen LogP contribution in [0.15, 0.2) is 0 Å². The molecule has 1 N–H and O–H groups in total. The van der Waals surface area contributed by atoms with Crippen LogP contribution in [0.3, 0.4) is 0 Å². The fourth-order valence-electron chi connectivity index (χ4n) is 1.98. The van der Waals surface area contributed by atoms with Crippen molar-refractivity contribution in [2.24, 2.45) is 17.8 Å². The molecule has 0 bridgehead atoms. The first-order chi connectivity index (χ1) is 5.29. The van der Waals surface area contributed by atoms with E-state index >= 15 is 0 Å². The fourth-order valence-corrected chi connectivity index (χ4v) is 1.98. The van der Waals surface area contributed by atoms with Gasteiger partial charge in [-0.3, -0.25) is 0 Å². The van der Waals surface area contributed by atoms with Gasteiger partial charge in [0, 0.05) is 0 Å². The van der Waals surface area contributed by atoms with Crippen LogP contribution in [0, 0.1) is 17.8 Å². The summed E-state index contributed by atoms with van der Waals surface area (Å²) in [5.74, 6) is 1.65. The number of nitrogens with one attached hydrogen (secondary N) is 1. The molecule has 11 heavy (non-hydrogen) atoms. The molecule has 2 fully saturated rings. The van der Waals surface area contributed by atoms with Crippen LogP contribution in [0.1, 0.15) is 0 Å². The molecular weight excluding hydrogens is 152 g/mol. The minimum absolute atomic E-state index is 0.245. The van der Waals surface area contributed by atoms with E-state index in [1.54, 1.807) is 0 Å². The normalized spacial score (nSPS) is 41.2. The van der Waals surface area contributed by atoms with Gasteiger partial charge in [0.1, 0.15) is 0 Å². The van der Waals surface area contributed by atoms with Crippen molar-refractivity contribution in [2.45, 2.75) is 6.61 Å². The number of hydrogen-bond acceptors (Lipinski definition) is 2. The van der Waals surface area contributed by atoms with E-state index < -0.39 is 6.61 Å². The van der Waals surface area contributed by atoms with Gasteiger partial charge >= 0.3 is 6.61 Å². The lowest BCUT2D eigenvalue weighted by Crippen LogP contribution is -2.17. The molecule has 0 aromatic carbocycles. The van der Waals surface area contributed by atoms with E-state index in [1.807, 2.05) is 0 Å². The molecule has 1 saturated heterocycles. The van der Waals surface area contributed by atoms with Crippen molar-refractivity contribution >= 4 is 0 Å². The van der Waals surface area contributed by atoms with E-state index in [9.17, 15) is 8.78 Å². The Hall–Kier alpha value is -0.220. The van der Waals surface area contributed by atoms with Gasteiger partial charge in [-0.2, -0.15) is 8.78 Å². The number of hydrogen-bond donors (Lipinski definition) is 1. The molecular formula is C7H11F2NO. The van der Waals surface area contributed by atoms with Crippen LogP contribution in [-0.2, 0) is 4.74 Å². The first-order valence-electron chi connectivity index (χ1n) is 3.89. The molecule has 2 nitrogen and oxygen atoms in total. The highest BCUT2D eigenvalue weighted by Crippen LogP contribution is 2.48. The number of fused-ring (bicyclic) bond motifs is 1. The number of alkyl halides is 2. The average Bonchev–Trinajstić information content (AvgIpc) is 2.44. The highest BCUT2D eigenvalue weighted by molar-refractivity contribution is 5.03. The maximum atomic E-state index is 11.6. The van der Waals surface area contributed by atoms with Gasteiger partial charge in [-0.05, 0) is 30.8 Å². The molecule has 1 aliphatic heterocycles. The van der Waals surface area contributed by atoms with Crippen LogP contribution in [-0.4, -0.2) is 26.3 Å². The standard InChI is InChI=1S/C7H11F2NO/c8-7(9)11-3-6-4-1-10-2-5(4)6/h4-7,10H,1-3H2. The molecule has 0 spiro atoms. The Morgan fingerprint density at radius 1 is 1.36 bits per heavy atom. The molecule has 2 rings (SSSR count). The van der Waals surface area contributed by atoms with Crippen LogP contribution < -0.4 is 5.32 Å². The summed E-state index contributed by atoms with van der Waals surface area (Å²) in [7, 11) is 0. The molecule has 64 valence electrons. The van der Waals surface area contributed by atoms with Gasteiger partial charge in [-0.25, -0.2) is 0 Å². The highest BCUT2D eigenvalue weighted by atomic mass is 19.3. The number of ether oxygens (including phenoxy) is 1. The van der Waals surface area contributed by atoms with Gasteiger partial charge in [0.15, 0.2) is 0 Å². The molecule has 1 heterocycles. The number of halogens is 2. The lowest BCUT2D eigenvalue weighted by molar-refractivity contribution is -0.133. The molecule has 2 unspecified atom stereocenters. The maximum absolute atomic E-state index is 11.6. The van der Waals surface area contributed by atoms with Crippen molar-refractivity contribution in [3.05, 3.63) is 0 Å². The molecule has 2 aliphatic rings. The number of rotatable bonds is 3. The average molecular weight is 163 g/mol. The monoisotopic (exact) mass is 163 g/mol. The molecule has 0 radical (unpaired) electrons. The van der Waals surface area contributed by atoms with E-state index in [0.29, 0.717) is 17.8 Å². The zero-order valence-electron chi connectivity index (χ0n) is 6.09. The zero-order chi connectivity index (χ0) is 7.84. The molecule has 4 heteroatoms. The summed E-state index contributed by atoms with van der Waals surface area (Å²) in [6.45, 7) is -0.372. The Bertz CT molecular complexity index is 143. The summed E-state index contributed by atoms with van der Waals surface area (Å²) in [5, 5.41) is 3.20. The van der Waals surface area contributed by atoms with Gasteiger partial charge in [0.25, 0.3) is 0 Å². The lowest BCUT2D eigenvalue weighted by atomic mass is 10.3. The summed E-state index contributed by atoms with van der Waals surface area (Å²) in [6, 6.07) is 0. The molecule has 0 aromatic heterocycles. The van der Waals surface area contributed by atoms with Crippen LogP contribution in [0.5, 0.6) is 0 Å². The molecule has 2 atom stereocenters. The van der Waals surface area contributed by atoms with E-state index in [-0.39, 0.29) is 6.61 Å². The van der Waals surface area contributed by atoms with Crippen molar-refractivity contribution in [1.82, 2.24) is 5.32 Å². The van der Waals surface area contributed by atoms with E-state index in [2.05, 4.69) is 10.1 Å². The van der Waals surface area contributed by atoms with E-state index in [0.717, 1.165) is 13.1 Å². The Balaban J connectivity index is 1.67. The third-order valence-electron chi connectivity index (χ3n) is 2.68. The predicted molar refractivity (Wildman–Crippen MR) is 35.3 cm³/mol. The van der Waals surface area contributed by atoms with Gasteiger partial charge in [-0.15, -0.1) is 0 Å². The quantitative estimate of drug-likeness (QED) is 0.661. The Kier molecular flexibility index (Phi) is 1.81. The van der Waals surface area contributed by atoms with Crippen molar-refractivity contribution in [3.8, 4) is 0 Å². The zero-order valence-corrected chi connectivity index (χ0v) is 6.09. The summed E-state index contributed by atoms with van der Waals surface area (Å²) >= 11 is 0. The topological polar surface area (TPSA) is 21.3 Å². The molecule has 1 saturated carbocycles. The summed E-state index contributed by atoms with van der Waals surface area (Å²) in [6.07, 6.45) is 0. The maximum Gasteiger partial charge on any atom is 0.345 e. The number of piperidine rings is 1. The smallest absolute Gasteiger partial charge is 0.323 e. The van der Waals surface area contributed by atoms with Crippen LogP contribution in [0.2, 0.25) is 0 Å². The molecule has 0 amide bonds. The van der Waals surface area contributed by atoms with Gasteiger partial charge in [0.05, 0.1) is 6.61 Å². The highest BCUT2D eigenvalue weighted by Gasteiger charge is 2.52. The van der Waals surface area contributed by atoms with Crippen molar-refractivity contribution in [2.75, 3.05) is 19.7 Å². The second-order valence-electron chi connectivity index (χ2n) is 3.24. The van der Waals surface area contributed by atoms with Crippen LogP contribution in [0.25, 0.3) is 0 Å². The lowest BCUT2D eigenvalue weighted by Gasteiger charge is -2.04. The van der Waals surface area contributed by atoms with Crippen LogP contribution >= 0.6 is 0 Å². The molecule has 0 aromatic rings. The Labute approximate surface area is 63.9 Å². The van der Waals surface area contributed by atoms with Crippen molar-refractivity contribution in [3.63, 3.8) is 0 Å². The second kappa shape index (κ2) is 2.68. The second-order valence-corrected chi connectivity index (χ2v) is 3.24. The summed E-state index contributed by atoms with van der Waals surface area (Å²) in [5.41, 5.74) is 0. The first-order valence-corrected chi connectivity index (χ1v) is 3.89. The van der Waals surface area contributed by atoms with Gasteiger partial charge < -0.3 is 10.1 Å². The van der Waals surface area contributed by atoms with Gasteiger partial charge in [0.2, 0.25) is 0 Å². The Morgan fingerprint density at radius 3 is 2.55 bits per heavy atom. The van der Waals surface area contributed by atoms with Crippen molar-refractivity contribution < 1.29 is 13.5 Å². The molecule has 1 aliphatic carbocycles. The van der Waals surface area contributed by atoms with Crippen LogP contribution in [0.4, 0.5) is 8.78 Å². The third-order valence-corrected chi connectivity index (χ3v) is 2.68. The largest absolute Gasteiger partial charge is 0.345 e. The SMILES string of the molecule is FC(F)OCC1C2CNCC21. The Morgan fingerprint density at radius 2 is 2.00 bits per heavy atom.